The average Bonchev–Trinajstić information content (AvgIpc) is 2.14. The number of rotatable bonds is 7. The maximum atomic E-state index is 11.2. The number of nitrogens with two attached hydrogens (primary N) is 2. The van der Waals surface area contributed by atoms with E-state index in [9.17, 15) is 4.79 Å². The summed E-state index contributed by atoms with van der Waals surface area (Å²) in [7, 11) is 0. The van der Waals surface area contributed by atoms with Crippen LogP contribution in [0.2, 0.25) is 0 Å². The molecule has 0 heterocycles. The fourth-order valence-electron chi connectivity index (χ4n) is 0.821. The Morgan fingerprint density at radius 2 is 2.31 bits per heavy atom. The molecule has 0 aromatic rings. The second-order valence-corrected chi connectivity index (χ2v) is 3.81. The Morgan fingerprint density at radius 3 is 2.85 bits per heavy atom. The van der Waals surface area contributed by atoms with Crippen LogP contribution in [-0.4, -0.2) is 37.0 Å². The van der Waals surface area contributed by atoms with Crippen molar-refractivity contribution < 1.29 is 4.79 Å². The van der Waals surface area contributed by atoms with E-state index in [0.717, 1.165) is 18.6 Å². The molecule has 0 aromatic heterocycles. The highest BCUT2D eigenvalue weighted by molar-refractivity contribution is 7.98. The lowest BCUT2D eigenvalue weighted by Crippen LogP contribution is -2.41. The SMILES string of the molecule is CSCC[C@@H](N)C(=O)NCCCN. The normalized spacial score (nSPS) is 12.5. The molecule has 4 nitrogen and oxygen atoms in total. The topological polar surface area (TPSA) is 81.1 Å². The smallest absolute Gasteiger partial charge is 0.236 e. The van der Waals surface area contributed by atoms with Crippen LogP contribution in [0.25, 0.3) is 0 Å². The summed E-state index contributed by atoms with van der Waals surface area (Å²) in [6.07, 6.45) is 3.54. The number of amides is 1. The van der Waals surface area contributed by atoms with Gasteiger partial charge in [0.25, 0.3) is 0 Å². The fourth-order valence-corrected chi connectivity index (χ4v) is 1.31. The van der Waals surface area contributed by atoms with Gasteiger partial charge in [-0.1, -0.05) is 0 Å². The van der Waals surface area contributed by atoms with Gasteiger partial charge in [-0.2, -0.15) is 11.8 Å². The first kappa shape index (κ1) is 12.7. The van der Waals surface area contributed by atoms with Crippen LogP contribution in [0, 0.1) is 0 Å². The van der Waals surface area contributed by atoms with Crippen molar-refractivity contribution >= 4 is 17.7 Å². The predicted molar refractivity (Wildman–Crippen MR) is 57.7 cm³/mol. The minimum atomic E-state index is -0.370. The zero-order valence-electron chi connectivity index (χ0n) is 8.08. The average molecular weight is 205 g/mol. The Morgan fingerprint density at radius 1 is 1.62 bits per heavy atom. The summed E-state index contributed by atoms with van der Waals surface area (Å²) in [4.78, 5) is 11.2. The Bertz CT molecular complexity index is 143. The van der Waals surface area contributed by atoms with Gasteiger partial charge >= 0.3 is 0 Å². The van der Waals surface area contributed by atoms with E-state index in [1.165, 1.54) is 0 Å². The van der Waals surface area contributed by atoms with Gasteiger partial charge in [0.2, 0.25) is 5.91 Å². The maximum absolute atomic E-state index is 11.2. The van der Waals surface area contributed by atoms with Crippen molar-refractivity contribution in [2.75, 3.05) is 25.1 Å². The highest BCUT2D eigenvalue weighted by Gasteiger charge is 2.11. The van der Waals surface area contributed by atoms with Crippen LogP contribution in [0.5, 0.6) is 0 Å². The van der Waals surface area contributed by atoms with Crippen molar-refractivity contribution in [2.24, 2.45) is 11.5 Å². The van der Waals surface area contributed by atoms with Gasteiger partial charge in [0, 0.05) is 6.54 Å². The Hall–Kier alpha value is -0.260. The molecule has 0 aliphatic rings. The summed E-state index contributed by atoms with van der Waals surface area (Å²) in [6.45, 7) is 1.22. The number of thioether (sulfide) groups is 1. The van der Waals surface area contributed by atoms with Crippen molar-refractivity contribution in [1.29, 1.82) is 0 Å². The van der Waals surface area contributed by atoms with Gasteiger partial charge < -0.3 is 16.8 Å². The van der Waals surface area contributed by atoms with E-state index < -0.39 is 0 Å². The molecular weight excluding hydrogens is 186 g/mol. The van der Waals surface area contributed by atoms with E-state index in [1.807, 2.05) is 6.26 Å². The first-order chi connectivity index (χ1) is 6.22. The molecule has 78 valence electrons. The van der Waals surface area contributed by atoms with Gasteiger partial charge in [0.1, 0.15) is 0 Å². The van der Waals surface area contributed by atoms with Crippen LogP contribution in [0.3, 0.4) is 0 Å². The zero-order chi connectivity index (χ0) is 10.1. The van der Waals surface area contributed by atoms with Crippen LogP contribution in [-0.2, 0) is 4.79 Å². The lowest BCUT2D eigenvalue weighted by Gasteiger charge is -2.10. The highest BCUT2D eigenvalue weighted by Crippen LogP contribution is 1.98. The third-order valence-corrected chi connectivity index (χ3v) is 2.29. The molecule has 0 aliphatic carbocycles. The van der Waals surface area contributed by atoms with Gasteiger partial charge in [0.15, 0.2) is 0 Å². The van der Waals surface area contributed by atoms with E-state index >= 15 is 0 Å². The van der Waals surface area contributed by atoms with E-state index in [1.54, 1.807) is 11.8 Å². The van der Waals surface area contributed by atoms with Crippen molar-refractivity contribution in [2.45, 2.75) is 18.9 Å². The van der Waals surface area contributed by atoms with Gasteiger partial charge in [-0.05, 0) is 31.4 Å². The summed E-state index contributed by atoms with van der Waals surface area (Å²) >= 11 is 1.70. The van der Waals surface area contributed by atoms with Crippen molar-refractivity contribution in [3.8, 4) is 0 Å². The number of carbonyl (C=O) groups is 1. The fraction of sp³-hybridized carbons (Fsp3) is 0.875. The van der Waals surface area contributed by atoms with Crippen LogP contribution in [0.4, 0.5) is 0 Å². The zero-order valence-corrected chi connectivity index (χ0v) is 8.90. The van der Waals surface area contributed by atoms with E-state index in [2.05, 4.69) is 5.32 Å². The summed E-state index contributed by atoms with van der Waals surface area (Å²) in [5.41, 5.74) is 10.9. The van der Waals surface area contributed by atoms with E-state index in [4.69, 9.17) is 11.5 Å². The summed E-state index contributed by atoms with van der Waals surface area (Å²) in [5.74, 6) is 0.855. The number of nitrogens with one attached hydrogen (secondary N) is 1. The summed E-state index contributed by atoms with van der Waals surface area (Å²) < 4.78 is 0. The third kappa shape index (κ3) is 6.86. The molecule has 0 saturated heterocycles. The Labute approximate surface area is 83.8 Å². The summed E-state index contributed by atoms with van der Waals surface area (Å²) in [6, 6.07) is -0.370. The lowest BCUT2D eigenvalue weighted by molar-refractivity contribution is -0.122. The second-order valence-electron chi connectivity index (χ2n) is 2.82. The molecule has 0 saturated carbocycles. The first-order valence-corrected chi connectivity index (χ1v) is 5.84. The van der Waals surface area contributed by atoms with Crippen LogP contribution >= 0.6 is 11.8 Å². The molecular formula is C8H19N3OS. The second kappa shape index (κ2) is 8.34. The molecule has 0 spiro atoms. The van der Waals surface area contributed by atoms with Crippen molar-refractivity contribution in [3.05, 3.63) is 0 Å². The molecule has 0 fully saturated rings. The highest BCUT2D eigenvalue weighted by atomic mass is 32.2. The van der Waals surface area contributed by atoms with Gasteiger partial charge in [-0.15, -0.1) is 0 Å². The van der Waals surface area contributed by atoms with Gasteiger partial charge in [-0.25, -0.2) is 0 Å². The third-order valence-electron chi connectivity index (χ3n) is 1.65. The number of hydrogen-bond acceptors (Lipinski definition) is 4. The largest absolute Gasteiger partial charge is 0.355 e. The predicted octanol–water partition coefficient (Wildman–Crippen LogP) is -0.468. The lowest BCUT2D eigenvalue weighted by atomic mass is 10.2. The molecule has 0 unspecified atom stereocenters. The maximum Gasteiger partial charge on any atom is 0.236 e. The van der Waals surface area contributed by atoms with Crippen molar-refractivity contribution in [1.82, 2.24) is 5.32 Å². The van der Waals surface area contributed by atoms with Crippen LogP contribution < -0.4 is 16.8 Å². The quantitative estimate of drug-likeness (QED) is 0.491. The molecule has 1 atom stereocenters. The minimum absolute atomic E-state index is 0.0671. The van der Waals surface area contributed by atoms with Crippen LogP contribution in [0.1, 0.15) is 12.8 Å². The molecule has 0 bridgehead atoms. The van der Waals surface area contributed by atoms with Gasteiger partial charge in [-0.3, -0.25) is 4.79 Å². The van der Waals surface area contributed by atoms with Gasteiger partial charge in [0.05, 0.1) is 6.04 Å². The van der Waals surface area contributed by atoms with E-state index in [-0.39, 0.29) is 11.9 Å². The molecule has 5 N–H and O–H groups in total. The molecule has 0 aromatic carbocycles. The number of hydrogen-bond donors (Lipinski definition) is 3. The minimum Gasteiger partial charge on any atom is -0.355 e. The Balaban J connectivity index is 3.45. The molecule has 1 amide bonds. The molecule has 0 rings (SSSR count). The molecule has 13 heavy (non-hydrogen) atoms. The number of carbonyl (C=O) groups excluding carboxylic acids is 1. The first-order valence-electron chi connectivity index (χ1n) is 4.44. The Kier molecular flexibility index (Phi) is 8.18. The van der Waals surface area contributed by atoms with Crippen molar-refractivity contribution in [3.63, 3.8) is 0 Å². The molecule has 0 aliphatic heterocycles. The summed E-state index contributed by atoms with van der Waals surface area (Å²) in [5, 5.41) is 2.74. The van der Waals surface area contributed by atoms with Crippen LogP contribution in [0.15, 0.2) is 0 Å². The monoisotopic (exact) mass is 205 g/mol. The molecule has 5 heteroatoms. The standard InChI is InChI=1S/C8H19N3OS/c1-13-6-3-7(10)8(12)11-5-2-4-9/h7H,2-6,9-10H2,1H3,(H,11,12)/t7-/m1/s1. The van der Waals surface area contributed by atoms with E-state index in [0.29, 0.717) is 13.1 Å². The molecule has 0 radical (unpaired) electrons.